The molecule has 1 saturated heterocycles. The van der Waals surface area contributed by atoms with Gasteiger partial charge in [-0.15, -0.1) is 24.0 Å². The molecule has 2 N–H and O–H groups in total. The quantitative estimate of drug-likeness (QED) is 0.383. The maximum atomic E-state index is 5.55. The largest absolute Gasteiger partial charge is 0.381 e. The van der Waals surface area contributed by atoms with Crippen molar-refractivity contribution in [1.29, 1.82) is 0 Å². The molecular formula is C18H37IN4O. The van der Waals surface area contributed by atoms with Crippen LogP contribution in [0.15, 0.2) is 4.99 Å². The van der Waals surface area contributed by atoms with Crippen molar-refractivity contribution in [2.75, 3.05) is 40.9 Å². The van der Waals surface area contributed by atoms with Crippen molar-refractivity contribution in [2.24, 2.45) is 10.9 Å². The van der Waals surface area contributed by atoms with Crippen LogP contribution in [0.4, 0.5) is 0 Å². The van der Waals surface area contributed by atoms with Crippen molar-refractivity contribution in [3.63, 3.8) is 0 Å². The minimum atomic E-state index is 0. The van der Waals surface area contributed by atoms with Crippen LogP contribution < -0.4 is 10.6 Å². The maximum absolute atomic E-state index is 5.55. The Labute approximate surface area is 165 Å². The van der Waals surface area contributed by atoms with Gasteiger partial charge in [-0.05, 0) is 58.5 Å². The Balaban J connectivity index is 0.00000288. The molecule has 0 aromatic rings. The Morgan fingerprint density at radius 3 is 2.29 bits per heavy atom. The van der Waals surface area contributed by atoms with Gasteiger partial charge in [-0.3, -0.25) is 4.99 Å². The molecule has 1 aliphatic carbocycles. The van der Waals surface area contributed by atoms with E-state index in [4.69, 9.17) is 4.74 Å². The van der Waals surface area contributed by atoms with Crippen molar-refractivity contribution >= 4 is 29.9 Å². The van der Waals surface area contributed by atoms with Gasteiger partial charge >= 0.3 is 0 Å². The first-order chi connectivity index (χ1) is 11.1. The lowest BCUT2D eigenvalue weighted by Crippen LogP contribution is -2.57. The lowest BCUT2D eigenvalue weighted by molar-refractivity contribution is -0.00504. The lowest BCUT2D eigenvalue weighted by atomic mass is 9.84. The zero-order valence-corrected chi connectivity index (χ0v) is 18.3. The van der Waals surface area contributed by atoms with Crippen LogP contribution in [0, 0.1) is 5.92 Å². The van der Waals surface area contributed by atoms with Crippen molar-refractivity contribution in [3.05, 3.63) is 0 Å². The van der Waals surface area contributed by atoms with Crippen LogP contribution in [0.25, 0.3) is 0 Å². The smallest absolute Gasteiger partial charge is 0.191 e. The fourth-order valence-electron chi connectivity index (χ4n) is 3.88. The van der Waals surface area contributed by atoms with Crippen molar-refractivity contribution in [1.82, 2.24) is 15.5 Å². The molecule has 0 amide bonds. The van der Waals surface area contributed by atoms with Gasteiger partial charge < -0.3 is 20.3 Å². The highest BCUT2D eigenvalue weighted by molar-refractivity contribution is 14.0. The standard InChI is InChI=1S/C18H36N4O.HI/c1-5-15-6-8-16(9-7-15)21-17(19-2)20-14-18(22(3)4)10-12-23-13-11-18;/h15-16H,5-14H2,1-4H3,(H2,19,20,21);1H. The highest BCUT2D eigenvalue weighted by Crippen LogP contribution is 2.27. The Morgan fingerprint density at radius 1 is 1.17 bits per heavy atom. The number of hydrogen-bond donors (Lipinski definition) is 2. The molecule has 24 heavy (non-hydrogen) atoms. The second kappa shape index (κ2) is 10.8. The fourth-order valence-corrected chi connectivity index (χ4v) is 3.88. The van der Waals surface area contributed by atoms with Crippen LogP contribution in [-0.4, -0.2) is 63.3 Å². The molecule has 1 saturated carbocycles. The Morgan fingerprint density at radius 2 is 1.79 bits per heavy atom. The molecule has 2 aliphatic rings. The summed E-state index contributed by atoms with van der Waals surface area (Å²) in [6, 6.07) is 0.578. The first-order valence-corrected chi connectivity index (χ1v) is 9.32. The molecule has 2 rings (SSSR count). The third-order valence-corrected chi connectivity index (χ3v) is 5.95. The Hall–Kier alpha value is -0.0800. The van der Waals surface area contributed by atoms with Crippen LogP contribution in [0.5, 0.6) is 0 Å². The molecular weight excluding hydrogens is 415 g/mol. The summed E-state index contributed by atoms with van der Waals surface area (Å²) in [5, 5.41) is 7.21. The average Bonchev–Trinajstić information content (AvgIpc) is 2.59. The minimum Gasteiger partial charge on any atom is -0.381 e. The van der Waals surface area contributed by atoms with Crippen LogP contribution in [0.1, 0.15) is 51.9 Å². The number of guanidine groups is 1. The highest BCUT2D eigenvalue weighted by atomic mass is 127. The van der Waals surface area contributed by atoms with Gasteiger partial charge in [0.05, 0.1) is 0 Å². The summed E-state index contributed by atoms with van der Waals surface area (Å²) >= 11 is 0. The van der Waals surface area contributed by atoms with E-state index in [1.165, 1.54) is 32.1 Å². The number of nitrogens with zero attached hydrogens (tertiary/aromatic N) is 2. The average molecular weight is 452 g/mol. The summed E-state index contributed by atoms with van der Waals surface area (Å²) in [7, 11) is 6.23. The maximum Gasteiger partial charge on any atom is 0.191 e. The number of ether oxygens (including phenoxy) is 1. The number of hydrogen-bond acceptors (Lipinski definition) is 3. The van der Waals surface area contributed by atoms with E-state index in [9.17, 15) is 0 Å². The fraction of sp³-hybridized carbons (Fsp3) is 0.944. The highest BCUT2D eigenvalue weighted by Gasteiger charge is 2.35. The van der Waals surface area contributed by atoms with Gasteiger partial charge in [-0.25, -0.2) is 0 Å². The second-order valence-electron chi connectivity index (χ2n) is 7.43. The molecule has 5 nitrogen and oxygen atoms in total. The van der Waals surface area contributed by atoms with E-state index >= 15 is 0 Å². The van der Waals surface area contributed by atoms with E-state index in [1.807, 2.05) is 7.05 Å². The van der Waals surface area contributed by atoms with Crippen LogP contribution in [-0.2, 0) is 4.74 Å². The summed E-state index contributed by atoms with van der Waals surface area (Å²) in [6.45, 7) is 4.95. The van der Waals surface area contributed by atoms with E-state index in [2.05, 4.69) is 41.5 Å². The Kier molecular flexibility index (Phi) is 9.89. The van der Waals surface area contributed by atoms with E-state index in [-0.39, 0.29) is 29.5 Å². The number of aliphatic imine (C=N–C) groups is 1. The topological polar surface area (TPSA) is 48.9 Å². The SMILES string of the molecule is CCC1CCC(NC(=NC)NCC2(N(C)C)CCOCC2)CC1.I. The number of rotatable bonds is 5. The molecule has 0 radical (unpaired) electrons. The molecule has 0 atom stereocenters. The summed E-state index contributed by atoms with van der Waals surface area (Å²) < 4.78 is 5.55. The molecule has 0 unspecified atom stereocenters. The minimum absolute atomic E-state index is 0. The Bertz CT molecular complexity index is 375. The van der Waals surface area contributed by atoms with Crippen LogP contribution in [0.2, 0.25) is 0 Å². The van der Waals surface area contributed by atoms with Gasteiger partial charge in [0.1, 0.15) is 0 Å². The van der Waals surface area contributed by atoms with Gasteiger partial charge in [-0.2, -0.15) is 0 Å². The van der Waals surface area contributed by atoms with Crippen LogP contribution in [0.3, 0.4) is 0 Å². The van der Waals surface area contributed by atoms with Gasteiger partial charge in [0.2, 0.25) is 0 Å². The van der Waals surface area contributed by atoms with E-state index in [0.717, 1.165) is 44.5 Å². The normalized spacial score (nSPS) is 27.5. The zero-order chi connectivity index (χ0) is 16.7. The molecule has 142 valence electrons. The molecule has 0 aromatic heterocycles. The van der Waals surface area contributed by atoms with Gasteiger partial charge in [-0.1, -0.05) is 13.3 Å². The second-order valence-corrected chi connectivity index (χ2v) is 7.43. The molecule has 0 bridgehead atoms. The summed E-state index contributed by atoms with van der Waals surface area (Å²) in [6.07, 6.45) is 8.72. The number of likely N-dealkylation sites (N-methyl/N-ethyl adjacent to an activating group) is 1. The first-order valence-electron chi connectivity index (χ1n) is 9.32. The van der Waals surface area contributed by atoms with E-state index in [0.29, 0.717) is 6.04 Å². The third-order valence-electron chi connectivity index (χ3n) is 5.95. The van der Waals surface area contributed by atoms with E-state index < -0.39 is 0 Å². The summed E-state index contributed by atoms with van der Waals surface area (Å²) in [4.78, 5) is 6.79. The van der Waals surface area contributed by atoms with Crippen molar-refractivity contribution < 1.29 is 4.74 Å². The lowest BCUT2D eigenvalue weighted by Gasteiger charge is -2.43. The van der Waals surface area contributed by atoms with Crippen molar-refractivity contribution in [2.45, 2.75) is 63.5 Å². The summed E-state index contributed by atoms with van der Waals surface area (Å²) in [5.74, 6) is 1.89. The molecule has 6 heteroatoms. The molecule has 0 aromatic carbocycles. The molecule has 1 aliphatic heterocycles. The molecule has 2 fully saturated rings. The van der Waals surface area contributed by atoms with E-state index in [1.54, 1.807) is 0 Å². The van der Waals surface area contributed by atoms with Gasteiger partial charge in [0, 0.05) is 38.4 Å². The predicted octanol–water partition coefficient (Wildman–Crippen LogP) is 2.85. The van der Waals surface area contributed by atoms with Gasteiger partial charge in [0.15, 0.2) is 5.96 Å². The predicted molar refractivity (Wildman–Crippen MR) is 112 cm³/mol. The number of nitrogens with one attached hydrogen (secondary N) is 2. The van der Waals surface area contributed by atoms with Crippen molar-refractivity contribution in [3.8, 4) is 0 Å². The van der Waals surface area contributed by atoms with Crippen LogP contribution >= 0.6 is 24.0 Å². The third kappa shape index (κ3) is 6.02. The number of halogens is 1. The molecule has 0 spiro atoms. The first kappa shape index (κ1) is 22.0. The monoisotopic (exact) mass is 452 g/mol. The molecule has 1 heterocycles. The van der Waals surface area contributed by atoms with Gasteiger partial charge in [0.25, 0.3) is 0 Å². The zero-order valence-electron chi connectivity index (χ0n) is 15.9. The summed E-state index contributed by atoms with van der Waals surface area (Å²) in [5.41, 5.74) is 0.176.